The number of thioether (sulfide) groups is 1. The third-order valence-electron chi connectivity index (χ3n) is 3.40. The summed E-state index contributed by atoms with van der Waals surface area (Å²) >= 11 is 1.74. The fourth-order valence-electron chi connectivity index (χ4n) is 2.33. The number of rotatable bonds is 6. The molecule has 1 aromatic heterocycles. The zero-order valence-electron chi connectivity index (χ0n) is 11.0. The second kappa shape index (κ2) is 6.89. The highest BCUT2D eigenvalue weighted by Gasteiger charge is 2.18. The first-order chi connectivity index (χ1) is 8.81. The summed E-state index contributed by atoms with van der Waals surface area (Å²) in [5.41, 5.74) is 0. The maximum Gasteiger partial charge on any atom is 0.209 e. The molecule has 1 aromatic rings. The van der Waals surface area contributed by atoms with Gasteiger partial charge in [-0.3, -0.25) is 0 Å². The van der Waals surface area contributed by atoms with Gasteiger partial charge in [-0.05, 0) is 43.3 Å². The fourth-order valence-corrected chi connectivity index (χ4v) is 3.26. The summed E-state index contributed by atoms with van der Waals surface area (Å²) in [7, 11) is 2.23. The van der Waals surface area contributed by atoms with Crippen molar-refractivity contribution in [3.05, 3.63) is 12.7 Å². The minimum Gasteiger partial charge on any atom is -0.303 e. The van der Waals surface area contributed by atoms with E-state index in [-0.39, 0.29) is 0 Å². The SMILES string of the molecule is C=CCn1nnnc1SCC[C@H]1CCCCN1C. The molecule has 1 atom stereocenters. The van der Waals surface area contributed by atoms with Crippen LogP contribution in [0.5, 0.6) is 0 Å². The smallest absolute Gasteiger partial charge is 0.209 e. The van der Waals surface area contributed by atoms with Crippen LogP contribution in [0.15, 0.2) is 17.8 Å². The van der Waals surface area contributed by atoms with Gasteiger partial charge in [-0.2, -0.15) is 0 Å². The van der Waals surface area contributed by atoms with Gasteiger partial charge in [-0.15, -0.1) is 11.7 Å². The second-order valence-corrected chi connectivity index (χ2v) is 5.76. The maximum absolute atomic E-state index is 4.04. The van der Waals surface area contributed by atoms with Crippen molar-refractivity contribution in [2.45, 2.75) is 43.4 Å². The number of nitrogens with zero attached hydrogens (tertiary/aromatic N) is 5. The number of likely N-dealkylation sites (tertiary alicyclic amines) is 1. The van der Waals surface area contributed by atoms with Gasteiger partial charge in [0.1, 0.15) is 0 Å². The molecule has 0 aliphatic carbocycles. The number of tetrazole rings is 1. The van der Waals surface area contributed by atoms with Crippen LogP contribution in [0.1, 0.15) is 25.7 Å². The standard InChI is InChI=1S/C12H21N5S/c1-3-8-17-12(13-14-15-17)18-10-7-11-6-4-5-9-16(11)2/h3,11H,1,4-10H2,2H3/t11-/m1/s1. The highest BCUT2D eigenvalue weighted by atomic mass is 32.2. The van der Waals surface area contributed by atoms with Crippen LogP contribution in [0.2, 0.25) is 0 Å². The van der Waals surface area contributed by atoms with Crippen LogP contribution >= 0.6 is 11.8 Å². The Morgan fingerprint density at radius 3 is 3.17 bits per heavy atom. The van der Waals surface area contributed by atoms with Crippen molar-refractivity contribution in [2.75, 3.05) is 19.3 Å². The van der Waals surface area contributed by atoms with Gasteiger partial charge in [0, 0.05) is 11.8 Å². The van der Waals surface area contributed by atoms with Gasteiger partial charge >= 0.3 is 0 Å². The summed E-state index contributed by atoms with van der Waals surface area (Å²) < 4.78 is 1.79. The van der Waals surface area contributed by atoms with Crippen LogP contribution in [0, 0.1) is 0 Å². The summed E-state index contributed by atoms with van der Waals surface area (Å²) in [6.45, 7) is 5.63. The van der Waals surface area contributed by atoms with Gasteiger partial charge < -0.3 is 4.90 Å². The first kappa shape index (κ1) is 13.5. The van der Waals surface area contributed by atoms with E-state index in [1.54, 1.807) is 16.4 Å². The molecule has 0 radical (unpaired) electrons. The number of aromatic nitrogens is 4. The molecular weight excluding hydrogens is 246 g/mol. The summed E-state index contributed by atoms with van der Waals surface area (Å²) in [5.74, 6) is 1.08. The number of hydrogen-bond acceptors (Lipinski definition) is 5. The average Bonchev–Trinajstić information content (AvgIpc) is 2.80. The molecule has 0 N–H and O–H groups in total. The van der Waals surface area contributed by atoms with Crippen molar-refractivity contribution < 1.29 is 0 Å². The molecule has 0 spiro atoms. The number of hydrogen-bond donors (Lipinski definition) is 0. The molecule has 5 nitrogen and oxygen atoms in total. The molecule has 1 fully saturated rings. The predicted octanol–water partition coefficient (Wildman–Crippen LogP) is 1.83. The molecule has 1 aliphatic rings. The van der Waals surface area contributed by atoms with E-state index in [2.05, 4.69) is 34.1 Å². The van der Waals surface area contributed by atoms with Crippen molar-refractivity contribution in [2.24, 2.45) is 0 Å². The van der Waals surface area contributed by atoms with Crippen molar-refractivity contribution in [3.63, 3.8) is 0 Å². The Balaban J connectivity index is 1.77. The molecule has 1 saturated heterocycles. The minimum atomic E-state index is 0.679. The molecule has 6 heteroatoms. The lowest BCUT2D eigenvalue weighted by Crippen LogP contribution is -2.36. The monoisotopic (exact) mass is 267 g/mol. The average molecular weight is 267 g/mol. The number of allylic oxidation sites excluding steroid dienone is 1. The molecule has 0 saturated carbocycles. The molecule has 2 heterocycles. The van der Waals surface area contributed by atoms with Gasteiger partial charge in [0.15, 0.2) is 0 Å². The van der Waals surface area contributed by atoms with E-state index >= 15 is 0 Å². The topological polar surface area (TPSA) is 46.8 Å². The molecule has 0 bridgehead atoms. The Hall–Kier alpha value is -0.880. The number of piperidine rings is 1. The maximum atomic E-state index is 4.04. The zero-order chi connectivity index (χ0) is 12.8. The van der Waals surface area contributed by atoms with E-state index in [1.165, 1.54) is 32.2 Å². The highest BCUT2D eigenvalue weighted by Crippen LogP contribution is 2.22. The fraction of sp³-hybridized carbons (Fsp3) is 0.750. The summed E-state index contributed by atoms with van der Waals surface area (Å²) in [5, 5.41) is 12.6. The van der Waals surface area contributed by atoms with Crippen LogP contribution in [-0.2, 0) is 6.54 Å². The summed E-state index contributed by atoms with van der Waals surface area (Å²) in [4.78, 5) is 2.48. The first-order valence-corrected chi connectivity index (χ1v) is 7.50. The van der Waals surface area contributed by atoms with Gasteiger partial charge in [0.05, 0.1) is 6.54 Å². The lowest BCUT2D eigenvalue weighted by molar-refractivity contribution is 0.182. The Bertz CT molecular complexity index is 378. The Kier molecular flexibility index (Phi) is 5.19. The molecule has 1 aliphatic heterocycles. The van der Waals surface area contributed by atoms with Gasteiger partial charge in [0.2, 0.25) is 5.16 Å². The van der Waals surface area contributed by atoms with Crippen LogP contribution in [0.25, 0.3) is 0 Å². The summed E-state index contributed by atoms with van der Waals surface area (Å²) in [6, 6.07) is 0.731. The molecular formula is C12H21N5S. The van der Waals surface area contributed by atoms with Crippen molar-refractivity contribution in [1.29, 1.82) is 0 Å². The predicted molar refractivity (Wildman–Crippen MR) is 73.6 cm³/mol. The van der Waals surface area contributed by atoms with Crippen molar-refractivity contribution in [1.82, 2.24) is 25.1 Å². The molecule has 2 rings (SSSR count). The van der Waals surface area contributed by atoms with Crippen LogP contribution in [0.3, 0.4) is 0 Å². The van der Waals surface area contributed by atoms with Crippen LogP contribution < -0.4 is 0 Å². The molecule has 0 amide bonds. The van der Waals surface area contributed by atoms with Crippen molar-refractivity contribution in [3.8, 4) is 0 Å². The van der Waals surface area contributed by atoms with Crippen molar-refractivity contribution >= 4 is 11.8 Å². The van der Waals surface area contributed by atoms with Crippen LogP contribution in [0.4, 0.5) is 0 Å². The molecule has 0 unspecified atom stereocenters. The Morgan fingerprint density at radius 2 is 2.39 bits per heavy atom. The molecule has 0 aromatic carbocycles. The molecule has 100 valence electrons. The third kappa shape index (κ3) is 3.55. The third-order valence-corrected chi connectivity index (χ3v) is 4.40. The van der Waals surface area contributed by atoms with E-state index < -0.39 is 0 Å². The Labute approximate surface area is 113 Å². The molecule has 18 heavy (non-hydrogen) atoms. The highest BCUT2D eigenvalue weighted by molar-refractivity contribution is 7.99. The first-order valence-electron chi connectivity index (χ1n) is 6.51. The lowest BCUT2D eigenvalue weighted by atomic mass is 10.0. The van der Waals surface area contributed by atoms with Crippen LogP contribution in [-0.4, -0.2) is 50.5 Å². The van der Waals surface area contributed by atoms with Gasteiger partial charge in [-0.25, -0.2) is 4.68 Å². The van der Waals surface area contributed by atoms with Gasteiger partial charge in [-0.1, -0.05) is 24.3 Å². The van der Waals surface area contributed by atoms with E-state index in [0.717, 1.165) is 17.0 Å². The van der Waals surface area contributed by atoms with Gasteiger partial charge in [0.25, 0.3) is 0 Å². The largest absolute Gasteiger partial charge is 0.303 e. The van der Waals surface area contributed by atoms with E-state index in [9.17, 15) is 0 Å². The second-order valence-electron chi connectivity index (χ2n) is 4.70. The minimum absolute atomic E-state index is 0.679. The van der Waals surface area contributed by atoms with E-state index in [4.69, 9.17) is 0 Å². The lowest BCUT2D eigenvalue weighted by Gasteiger charge is -2.32. The Morgan fingerprint density at radius 1 is 1.50 bits per heavy atom. The van der Waals surface area contributed by atoms with E-state index in [1.807, 2.05) is 6.08 Å². The quantitative estimate of drug-likeness (QED) is 0.581. The normalized spacial score (nSPS) is 21.1. The van der Waals surface area contributed by atoms with E-state index in [0.29, 0.717) is 6.54 Å². The summed E-state index contributed by atoms with van der Waals surface area (Å²) in [6.07, 6.45) is 7.07. The zero-order valence-corrected chi connectivity index (χ0v) is 11.8.